The van der Waals surface area contributed by atoms with Crippen LogP contribution in [0.15, 0.2) is 9.59 Å². The summed E-state index contributed by atoms with van der Waals surface area (Å²) in [6.07, 6.45) is 5.21. The standard InChI is InChI=1S/C19H25N3O4S/c1-12-4-5-14-13(10-12)16-17(25)22(11-15(23)24)19(26)21(18(16)27-14)9-8-20-6-2-3-7-20/h12H,2-11H2,1H3,(H,23,24)/t12-/m1/s1. The molecule has 1 N–H and O–H groups in total. The van der Waals surface area contributed by atoms with Crippen LogP contribution in [0.25, 0.3) is 10.2 Å². The number of aryl methyl sites for hydroxylation is 1. The van der Waals surface area contributed by atoms with Gasteiger partial charge in [-0.15, -0.1) is 11.3 Å². The summed E-state index contributed by atoms with van der Waals surface area (Å²) in [6.45, 7) is 5.01. The lowest BCUT2D eigenvalue weighted by Crippen LogP contribution is -3.10. The van der Waals surface area contributed by atoms with Gasteiger partial charge in [-0.05, 0) is 30.7 Å². The van der Waals surface area contributed by atoms with Gasteiger partial charge in [0.1, 0.15) is 4.83 Å². The smallest absolute Gasteiger partial charge is 0.332 e. The average Bonchev–Trinajstić information content (AvgIpc) is 3.25. The highest BCUT2D eigenvalue weighted by molar-refractivity contribution is 7.18. The van der Waals surface area contributed by atoms with Crippen molar-refractivity contribution in [3.63, 3.8) is 0 Å². The first kappa shape index (κ1) is 18.4. The molecule has 0 saturated carbocycles. The molecule has 1 aliphatic heterocycles. The Morgan fingerprint density at radius 1 is 1.26 bits per heavy atom. The SMILES string of the molecule is C[C@@H]1CCc2sc3c(c2C1)c(=O)n(CC(=O)[O-])c(=O)n3CC[NH+]1CCCC1. The zero-order valence-corrected chi connectivity index (χ0v) is 16.4. The molecule has 3 heterocycles. The maximum atomic E-state index is 13.0. The molecule has 27 heavy (non-hydrogen) atoms. The minimum Gasteiger partial charge on any atom is -0.548 e. The third kappa shape index (κ3) is 3.36. The number of aromatic nitrogens is 2. The van der Waals surface area contributed by atoms with Crippen molar-refractivity contribution in [3.05, 3.63) is 31.3 Å². The zero-order chi connectivity index (χ0) is 19.1. The molecular formula is C19H25N3O4S. The van der Waals surface area contributed by atoms with Gasteiger partial charge in [0, 0.05) is 17.7 Å². The van der Waals surface area contributed by atoms with Crippen LogP contribution in [0.3, 0.4) is 0 Å². The van der Waals surface area contributed by atoms with Crippen LogP contribution in [0, 0.1) is 5.92 Å². The fourth-order valence-corrected chi connectivity index (χ4v) is 5.82. The topological polar surface area (TPSA) is 88.6 Å². The summed E-state index contributed by atoms with van der Waals surface area (Å²) in [7, 11) is 0. The molecule has 0 bridgehead atoms. The van der Waals surface area contributed by atoms with Crippen LogP contribution in [0.5, 0.6) is 0 Å². The van der Waals surface area contributed by atoms with Gasteiger partial charge in [-0.25, -0.2) is 4.79 Å². The van der Waals surface area contributed by atoms with Gasteiger partial charge in [0.15, 0.2) is 0 Å². The molecule has 0 amide bonds. The van der Waals surface area contributed by atoms with Gasteiger partial charge in [-0.3, -0.25) is 13.9 Å². The number of aliphatic carboxylic acids is 1. The molecule has 0 unspecified atom stereocenters. The third-order valence-electron chi connectivity index (χ3n) is 5.94. The molecule has 7 nitrogen and oxygen atoms in total. The molecule has 0 radical (unpaired) electrons. The molecule has 0 spiro atoms. The zero-order valence-electron chi connectivity index (χ0n) is 15.6. The third-order valence-corrected chi connectivity index (χ3v) is 7.26. The first-order chi connectivity index (χ1) is 13.0. The highest BCUT2D eigenvalue weighted by atomic mass is 32.1. The van der Waals surface area contributed by atoms with Crippen LogP contribution in [-0.2, 0) is 30.7 Å². The van der Waals surface area contributed by atoms with Gasteiger partial charge in [-0.2, -0.15) is 0 Å². The van der Waals surface area contributed by atoms with E-state index in [2.05, 4.69) is 6.92 Å². The number of fused-ring (bicyclic) bond motifs is 3. The van der Waals surface area contributed by atoms with E-state index in [1.807, 2.05) is 0 Å². The maximum absolute atomic E-state index is 13.0. The molecule has 2 aromatic heterocycles. The Morgan fingerprint density at radius 3 is 2.70 bits per heavy atom. The molecule has 2 aliphatic rings. The van der Waals surface area contributed by atoms with E-state index in [9.17, 15) is 19.5 Å². The summed E-state index contributed by atoms with van der Waals surface area (Å²) in [6, 6.07) is 0. The lowest BCUT2D eigenvalue weighted by molar-refractivity contribution is -0.888. The van der Waals surface area contributed by atoms with Crippen molar-refractivity contribution in [1.29, 1.82) is 0 Å². The first-order valence-corrected chi connectivity index (χ1v) is 10.6. The maximum Gasteiger partial charge on any atom is 0.332 e. The Hall–Kier alpha value is -1.93. The van der Waals surface area contributed by atoms with E-state index < -0.39 is 23.8 Å². The van der Waals surface area contributed by atoms with Gasteiger partial charge in [0.25, 0.3) is 5.56 Å². The minimum atomic E-state index is -1.41. The number of hydrogen-bond acceptors (Lipinski definition) is 5. The predicted molar refractivity (Wildman–Crippen MR) is 101 cm³/mol. The van der Waals surface area contributed by atoms with E-state index in [0.717, 1.165) is 53.9 Å². The summed E-state index contributed by atoms with van der Waals surface area (Å²) in [5.41, 5.74) is 0.0191. The molecule has 4 rings (SSSR count). The number of thiophene rings is 1. The summed E-state index contributed by atoms with van der Waals surface area (Å²) < 4.78 is 2.49. The Balaban J connectivity index is 1.87. The van der Waals surface area contributed by atoms with Gasteiger partial charge in [0.05, 0.1) is 44.1 Å². The van der Waals surface area contributed by atoms with Crippen molar-refractivity contribution < 1.29 is 14.8 Å². The quantitative estimate of drug-likeness (QED) is 0.692. The number of nitrogens with zero attached hydrogens (tertiary/aromatic N) is 2. The highest BCUT2D eigenvalue weighted by Crippen LogP contribution is 2.36. The van der Waals surface area contributed by atoms with Gasteiger partial charge in [0.2, 0.25) is 0 Å². The molecule has 8 heteroatoms. The number of rotatable bonds is 5. The van der Waals surface area contributed by atoms with Crippen LogP contribution >= 0.6 is 11.3 Å². The van der Waals surface area contributed by atoms with E-state index in [1.54, 1.807) is 15.9 Å². The van der Waals surface area contributed by atoms with Crippen molar-refractivity contribution in [1.82, 2.24) is 9.13 Å². The van der Waals surface area contributed by atoms with Crippen LogP contribution in [-0.4, -0.2) is 34.7 Å². The van der Waals surface area contributed by atoms with Crippen molar-refractivity contribution in [3.8, 4) is 0 Å². The van der Waals surface area contributed by atoms with Crippen molar-refractivity contribution in [2.45, 2.75) is 52.1 Å². The molecule has 1 saturated heterocycles. The monoisotopic (exact) mass is 391 g/mol. The van der Waals surface area contributed by atoms with Crippen molar-refractivity contribution in [2.75, 3.05) is 19.6 Å². The van der Waals surface area contributed by atoms with Crippen LogP contribution in [0.1, 0.15) is 36.6 Å². The van der Waals surface area contributed by atoms with Gasteiger partial charge >= 0.3 is 5.69 Å². The van der Waals surface area contributed by atoms with Gasteiger partial charge in [-0.1, -0.05) is 6.92 Å². The summed E-state index contributed by atoms with van der Waals surface area (Å²) >= 11 is 1.54. The van der Waals surface area contributed by atoms with Gasteiger partial charge < -0.3 is 14.8 Å². The van der Waals surface area contributed by atoms with E-state index in [-0.39, 0.29) is 0 Å². The number of carboxylic acids is 1. The molecule has 146 valence electrons. The Kier molecular flexibility index (Phi) is 4.94. The number of carbonyl (C=O) groups is 1. The largest absolute Gasteiger partial charge is 0.548 e. The van der Waals surface area contributed by atoms with E-state index >= 15 is 0 Å². The second-order valence-electron chi connectivity index (χ2n) is 7.94. The lowest BCUT2D eigenvalue weighted by Gasteiger charge is -2.18. The number of carboxylic acid groups (broad SMARTS) is 1. The Morgan fingerprint density at radius 2 is 2.00 bits per heavy atom. The first-order valence-electron chi connectivity index (χ1n) is 9.77. The number of hydrogen-bond donors (Lipinski definition) is 1. The molecule has 1 atom stereocenters. The summed E-state index contributed by atoms with van der Waals surface area (Å²) in [5, 5.41) is 11.7. The average molecular weight is 391 g/mol. The number of nitrogens with one attached hydrogen (secondary N) is 1. The minimum absolute atomic E-state index is 0.476. The molecule has 2 aromatic rings. The highest BCUT2D eigenvalue weighted by Gasteiger charge is 2.26. The molecule has 0 aromatic carbocycles. The lowest BCUT2D eigenvalue weighted by atomic mass is 9.89. The summed E-state index contributed by atoms with van der Waals surface area (Å²) in [5.74, 6) is -0.929. The van der Waals surface area contributed by atoms with E-state index in [1.165, 1.54) is 22.6 Å². The summed E-state index contributed by atoms with van der Waals surface area (Å²) in [4.78, 5) is 40.5. The van der Waals surface area contributed by atoms with Crippen molar-refractivity contribution in [2.24, 2.45) is 5.92 Å². The Labute approximate surface area is 160 Å². The molecular weight excluding hydrogens is 366 g/mol. The van der Waals surface area contributed by atoms with Crippen LogP contribution < -0.4 is 21.3 Å². The second kappa shape index (κ2) is 7.24. The molecule has 1 fully saturated rings. The normalized spacial score (nSPS) is 20.3. The predicted octanol–water partition coefficient (Wildman–Crippen LogP) is -1.22. The Bertz CT molecular complexity index is 997. The fraction of sp³-hybridized carbons (Fsp3) is 0.632. The van der Waals surface area contributed by atoms with E-state index in [0.29, 0.717) is 17.8 Å². The van der Waals surface area contributed by atoms with E-state index in [4.69, 9.17) is 0 Å². The van der Waals surface area contributed by atoms with Crippen LogP contribution in [0.4, 0.5) is 0 Å². The van der Waals surface area contributed by atoms with Crippen molar-refractivity contribution >= 4 is 27.5 Å². The number of quaternary nitrogens is 1. The fourth-order valence-electron chi connectivity index (χ4n) is 4.47. The van der Waals surface area contributed by atoms with Crippen LogP contribution in [0.2, 0.25) is 0 Å². The second-order valence-corrected chi connectivity index (χ2v) is 9.02. The number of likely N-dealkylation sites (tertiary alicyclic amines) is 1. The number of carbonyl (C=O) groups excluding carboxylic acids is 1. The molecule has 1 aliphatic carbocycles.